The van der Waals surface area contributed by atoms with Gasteiger partial charge in [-0.1, -0.05) is 38.2 Å². The first-order chi connectivity index (χ1) is 8.19. The second-order valence-electron chi connectivity index (χ2n) is 4.28. The summed E-state index contributed by atoms with van der Waals surface area (Å²) in [6, 6.07) is -1.05. The number of carbonyl (C=O) groups is 1. The number of primary amides is 1. The third-order valence-electron chi connectivity index (χ3n) is 2.00. The maximum Gasteiger partial charge on any atom is 0.347 e. The maximum atomic E-state index is 11.9. The predicted molar refractivity (Wildman–Crippen MR) is 75.8 cm³/mol. The van der Waals surface area contributed by atoms with Crippen LogP contribution in [-0.4, -0.2) is 10.2 Å². The zero-order valence-electron chi connectivity index (χ0n) is 11.1. The Morgan fingerprint density at radius 3 is 2.39 bits per heavy atom. The molecule has 0 aliphatic carbocycles. The fourth-order valence-corrected chi connectivity index (χ4v) is 2.31. The molecule has 0 spiro atoms. The lowest BCUT2D eigenvalue weighted by Gasteiger charge is -2.05. The van der Waals surface area contributed by atoms with E-state index in [9.17, 15) is 9.00 Å². The molecular weight excluding hydrogens is 250 g/mol. The summed E-state index contributed by atoms with van der Waals surface area (Å²) in [7, 11) is -3.26. The minimum Gasteiger partial charge on any atom is -0.349 e. The Morgan fingerprint density at radius 1 is 1.44 bits per heavy atom. The number of carbonyl (C=O) groups excluding carboxylic acids is 1. The van der Waals surface area contributed by atoms with Gasteiger partial charge in [0.05, 0.1) is 4.91 Å². The Labute approximate surface area is 109 Å². The van der Waals surface area contributed by atoms with Gasteiger partial charge in [-0.2, -0.15) is 0 Å². The third-order valence-corrected chi connectivity index (χ3v) is 3.50. The van der Waals surface area contributed by atoms with E-state index < -0.39 is 15.9 Å². The summed E-state index contributed by atoms with van der Waals surface area (Å²) in [6.07, 6.45) is 5.64. The molecule has 1 unspecified atom stereocenters. The molecule has 2 amide bonds. The summed E-state index contributed by atoms with van der Waals surface area (Å²) in [4.78, 5) is 10.9. The molecule has 0 aromatic heterocycles. The molecule has 0 bridgehead atoms. The Hall–Kier alpha value is -1.40. The fourth-order valence-electron chi connectivity index (χ4n) is 1.34. The van der Waals surface area contributed by atoms with E-state index in [-0.39, 0.29) is 4.91 Å². The van der Waals surface area contributed by atoms with Crippen LogP contribution in [0, 0.1) is 5.92 Å². The van der Waals surface area contributed by atoms with Crippen molar-refractivity contribution in [2.75, 3.05) is 0 Å². The van der Waals surface area contributed by atoms with Crippen molar-refractivity contribution in [3.05, 3.63) is 35.3 Å². The van der Waals surface area contributed by atoms with Crippen LogP contribution in [0.1, 0.15) is 27.2 Å². The van der Waals surface area contributed by atoms with Crippen molar-refractivity contribution < 1.29 is 9.00 Å². The van der Waals surface area contributed by atoms with Crippen LogP contribution >= 0.6 is 0 Å². The summed E-state index contributed by atoms with van der Waals surface area (Å²) in [5, 5.41) is 5.47. The van der Waals surface area contributed by atoms with E-state index in [1.165, 1.54) is 6.08 Å². The van der Waals surface area contributed by atoms with Gasteiger partial charge in [0, 0.05) is 0 Å². The number of hydrogen-bond acceptors (Lipinski definition) is 2. The monoisotopic (exact) mass is 271 g/mol. The van der Waals surface area contributed by atoms with E-state index in [1.54, 1.807) is 19.1 Å². The van der Waals surface area contributed by atoms with Gasteiger partial charge in [-0.15, -0.1) is 4.36 Å². The Morgan fingerprint density at radius 2 is 2.00 bits per heavy atom. The molecule has 4 N–H and O–H groups in total. The van der Waals surface area contributed by atoms with Crippen molar-refractivity contribution in [2.45, 2.75) is 27.2 Å². The van der Waals surface area contributed by atoms with Crippen LogP contribution in [0.25, 0.3) is 0 Å². The molecule has 0 saturated heterocycles. The molecule has 0 aromatic carbocycles. The second-order valence-corrected chi connectivity index (χ2v) is 6.07. The van der Waals surface area contributed by atoms with Crippen LogP contribution in [0.3, 0.4) is 0 Å². The zero-order valence-corrected chi connectivity index (χ0v) is 11.9. The molecule has 0 radical (unpaired) electrons. The van der Waals surface area contributed by atoms with Gasteiger partial charge in [0.1, 0.15) is 9.92 Å². The van der Waals surface area contributed by atoms with E-state index >= 15 is 0 Å². The number of urea groups is 1. The lowest BCUT2D eigenvalue weighted by atomic mass is 10.0. The van der Waals surface area contributed by atoms with E-state index in [0.717, 1.165) is 12.0 Å². The highest BCUT2D eigenvalue weighted by atomic mass is 32.2. The first-order valence-electron chi connectivity index (χ1n) is 5.55. The molecule has 102 valence electrons. The van der Waals surface area contributed by atoms with E-state index in [0.29, 0.717) is 5.92 Å². The highest BCUT2D eigenvalue weighted by Crippen LogP contribution is 2.13. The quantitative estimate of drug-likeness (QED) is 0.751. The lowest BCUT2D eigenvalue weighted by Crippen LogP contribution is -2.18. The molecule has 0 aliphatic heterocycles. The van der Waals surface area contributed by atoms with Crippen LogP contribution in [0.15, 0.2) is 39.6 Å². The minimum atomic E-state index is -3.26. The van der Waals surface area contributed by atoms with Crippen LogP contribution < -0.4 is 10.9 Å². The Kier molecular flexibility index (Phi) is 6.57. The molecule has 5 nitrogen and oxygen atoms in total. The van der Waals surface area contributed by atoms with Crippen LogP contribution in [0.5, 0.6) is 0 Å². The van der Waals surface area contributed by atoms with Gasteiger partial charge in [0.15, 0.2) is 0 Å². The highest BCUT2D eigenvalue weighted by molar-refractivity contribution is 7.95. The van der Waals surface area contributed by atoms with Crippen LogP contribution in [0.2, 0.25) is 0 Å². The number of amides is 2. The molecule has 0 rings (SSSR count). The van der Waals surface area contributed by atoms with E-state index in [4.69, 9.17) is 10.9 Å². The summed E-state index contributed by atoms with van der Waals surface area (Å²) < 4.78 is 15.1. The smallest absolute Gasteiger partial charge is 0.347 e. The molecule has 18 heavy (non-hydrogen) atoms. The van der Waals surface area contributed by atoms with E-state index in [1.807, 2.05) is 0 Å². The fraction of sp³-hybridized carbons (Fsp3) is 0.417. The SMILES string of the molecule is C=C(/C=C\C(=C/C)S(N)(=O)=NC(N)=O)CC(C)C. The van der Waals surface area contributed by atoms with Crippen molar-refractivity contribution in [3.63, 3.8) is 0 Å². The molecule has 0 saturated carbocycles. The van der Waals surface area contributed by atoms with Crippen molar-refractivity contribution >= 4 is 15.9 Å². The topological polar surface area (TPSA) is 98.5 Å². The summed E-state index contributed by atoms with van der Waals surface area (Å²) >= 11 is 0. The number of nitrogens with zero attached hydrogens (tertiary/aromatic N) is 1. The van der Waals surface area contributed by atoms with Crippen LogP contribution in [0.4, 0.5) is 4.79 Å². The summed E-state index contributed by atoms with van der Waals surface area (Å²) in [6.45, 7) is 9.68. The predicted octanol–water partition coefficient (Wildman–Crippen LogP) is 2.47. The number of nitrogens with two attached hydrogens (primary N) is 2. The van der Waals surface area contributed by atoms with Gasteiger partial charge >= 0.3 is 6.03 Å². The summed E-state index contributed by atoms with van der Waals surface area (Å²) in [5.41, 5.74) is 5.75. The van der Waals surface area contributed by atoms with Gasteiger partial charge in [-0.05, 0) is 25.3 Å². The molecule has 0 aliphatic rings. The first-order valence-corrected chi connectivity index (χ1v) is 7.13. The normalized spacial score (nSPS) is 15.7. The zero-order chi connectivity index (χ0) is 14.3. The van der Waals surface area contributed by atoms with Gasteiger partial charge in [0.25, 0.3) is 0 Å². The van der Waals surface area contributed by atoms with Gasteiger partial charge in [0.2, 0.25) is 0 Å². The van der Waals surface area contributed by atoms with Gasteiger partial charge in [-0.3, -0.25) is 0 Å². The Bertz CT molecular complexity index is 495. The molecule has 6 heteroatoms. The average Bonchev–Trinajstić information content (AvgIpc) is 2.14. The summed E-state index contributed by atoms with van der Waals surface area (Å²) in [5.74, 6) is 0.480. The minimum absolute atomic E-state index is 0.256. The van der Waals surface area contributed by atoms with Crippen molar-refractivity contribution in [3.8, 4) is 0 Å². The van der Waals surface area contributed by atoms with Crippen molar-refractivity contribution in [1.29, 1.82) is 0 Å². The first kappa shape index (κ1) is 16.6. The molecule has 1 atom stereocenters. The molecule has 0 aromatic rings. The van der Waals surface area contributed by atoms with Gasteiger partial charge < -0.3 is 5.73 Å². The van der Waals surface area contributed by atoms with E-state index in [2.05, 4.69) is 24.8 Å². The lowest BCUT2D eigenvalue weighted by molar-refractivity contribution is 0.257. The van der Waals surface area contributed by atoms with Crippen LogP contribution in [-0.2, 0) is 9.92 Å². The van der Waals surface area contributed by atoms with Crippen molar-refractivity contribution in [2.24, 2.45) is 21.2 Å². The second kappa shape index (κ2) is 7.13. The average molecular weight is 271 g/mol. The molecular formula is C12H21N3O2S. The van der Waals surface area contributed by atoms with Gasteiger partial charge in [-0.25, -0.2) is 14.1 Å². The highest BCUT2D eigenvalue weighted by Gasteiger charge is 2.08. The largest absolute Gasteiger partial charge is 0.349 e. The number of hydrogen-bond donors (Lipinski definition) is 2. The maximum absolute atomic E-state index is 11.9. The van der Waals surface area contributed by atoms with Crippen molar-refractivity contribution in [1.82, 2.24) is 0 Å². The third kappa shape index (κ3) is 6.36. The number of allylic oxidation sites excluding steroid dienone is 4. The Balaban J connectivity index is 5.07. The standard InChI is InChI=1S/C12H21N3O2S/c1-5-11(18(14,17)15-12(13)16)7-6-10(4)8-9(2)3/h5-7,9H,4,8H2,1-3H3,(H4,13,14,15,16,17)/b7-6-,11-5+. The molecule has 0 fully saturated rings. The number of rotatable bonds is 5. The molecule has 0 heterocycles.